The van der Waals surface area contributed by atoms with Crippen LogP contribution >= 0.6 is 0 Å². The molecule has 1 amide bonds. The summed E-state index contributed by atoms with van der Waals surface area (Å²) in [5.41, 5.74) is 2.30. The number of nitriles is 1. The molecule has 1 aromatic carbocycles. The lowest BCUT2D eigenvalue weighted by atomic mass is 10.1. The van der Waals surface area contributed by atoms with Crippen LogP contribution in [-0.4, -0.2) is 15.7 Å². The van der Waals surface area contributed by atoms with E-state index >= 15 is 0 Å². The minimum atomic E-state index is -0.551. The minimum Gasteiger partial charge on any atom is -0.324 e. The van der Waals surface area contributed by atoms with Gasteiger partial charge in [0.15, 0.2) is 0 Å². The second-order valence-corrected chi connectivity index (χ2v) is 5.07. The standard InChI is InChI=1S/C16H16N4O2/c1-10-4-6-13(7-5-10)18-15(21)9-20-16(22)14(8-17)11(2)12(3)19-20/h4-7H,9H2,1-3H3,(H,18,21). The van der Waals surface area contributed by atoms with Gasteiger partial charge in [-0.15, -0.1) is 0 Å². The molecule has 0 radical (unpaired) electrons. The van der Waals surface area contributed by atoms with E-state index in [9.17, 15) is 9.59 Å². The van der Waals surface area contributed by atoms with Crippen molar-refractivity contribution in [1.82, 2.24) is 9.78 Å². The van der Waals surface area contributed by atoms with Gasteiger partial charge in [-0.05, 0) is 38.5 Å². The van der Waals surface area contributed by atoms with E-state index in [2.05, 4.69) is 10.4 Å². The smallest absolute Gasteiger partial charge is 0.285 e. The van der Waals surface area contributed by atoms with Gasteiger partial charge in [-0.2, -0.15) is 10.4 Å². The average Bonchev–Trinajstić information content (AvgIpc) is 2.48. The topological polar surface area (TPSA) is 87.8 Å². The summed E-state index contributed by atoms with van der Waals surface area (Å²) in [6, 6.07) is 9.19. The van der Waals surface area contributed by atoms with Crippen LogP contribution in [0.25, 0.3) is 0 Å². The molecule has 0 aliphatic heterocycles. The summed E-state index contributed by atoms with van der Waals surface area (Å²) in [4.78, 5) is 24.1. The first kappa shape index (κ1) is 15.4. The Balaban J connectivity index is 2.22. The zero-order valence-corrected chi connectivity index (χ0v) is 12.7. The molecular weight excluding hydrogens is 280 g/mol. The van der Waals surface area contributed by atoms with Gasteiger partial charge in [0.1, 0.15) is 18.2 Å². The molecule has 0 saturated heterocycles. The lowest BCUT2D eigenvalue weighted by Gasteiger charge is -2.09. The molecule has 6 heteroatoms. The van der Waals surface area contributed by atoms with Crippen molar-refractivity contribution in [1.29, 1.82) is 5.26 Å². The van der Waals surface area contributed by atoms with Gasteiger partial charge in [0.05, 0.1) is 5.69 Å². The number of aromatic nitrogens is 2. The molecule has 0 unspecified atom stereocenters. The monoisotopic (exact) mass is 296 g/mol. The van der Waals surface area contributed by atoms with Crippen molar-refractivity contribution in [3.63, 3.8) is 0 Å². The average molecular weight is 296 g/mol. The normalized spacial score (nSPS) is 10.1. The number of benzene rings is 1. The fourth-order valence-corrected chi connectivity index (χ4v) is 1.98. The lowest BCUT2D eigenvalue weighted by molar-refractivity contribution is -0.117. The minimum absolute atomic E-state index is 0.0237. The Labute approximate surface area is 128 Å². The van der Waals surface area contributed by atoms with E-state index in [1.54, 1.807) is 26.0 Å². The maximum absolute atomic E-state index is 12.1. The number of rotatable bonds is 3. The number of nitrogens with zero attached hydrogens (tertiary/aromatic N) is 3. The van der Waals surface area contributed by atoms with E-state index in [1.807, 2.05) is 25.1 Å². The highest BCUT2D eigenvalue weighted by atomic mass is 16.2. The summed E-state index contributed by atoms with van der Waals surface area (Å²) in [5, 5.41) is 15.8. The Morgan fingerprint density at radius 1 is 1.27 bits per heavy atom. The number of carbonyl (C=O) groups is 1. The quantitative estimate of drug-likeness (QED) is 0.933. The van der Waals surface area contributed by atoms with Crippen LogP contribution in [0.4, 0.5) is 5.69 Å². The highest BCUT2D eigenvalue weighted by Gasteiger charge is 2.13. The van der Waals surface area contributed by atoms with Gasteiger partial charge in [-0.25, -0.2) is 4.68 Å². The van der Waals surface area contributed by atoms with Crippen LogP contribution in [0.5, 0.6) is 0 Å². The highest BCUT2D eigenvalue weighted by Crippen LogP contribution is 2.09. The summed E-state index contributed by atoms with van der Waals surface area (Å²) in [6.45, 7) is 5.08. The van der Waals surface area contributed by atoms with Crippen molar-refractivity contribution in [2.45, 2.75) is 27.3 Å². The molecule has 2 rings (SSSR count). The van der Waals surface area contributed by atoms with E-state index in [1.165, 1.54) is 0 Å². The Morgan fingerprint density at radius 2 is 1.91 bits per heavy atom. The summed E-state index contributed by atoms with van der Waals surface area (Å²) < 4.78 is 1.02. The van der Waals surface area contributed by atoms with Crippen LogP contribution < -0.4 is 10.9 Å². The molecule has 22 heavy (non-hydrogen) atoms. The van der Waals surface area contributed by atoms with Crippen molar-refractivity contribution >= 4 is 11.6 Å². The van der Waals surface area contributed by atoms with Crippen molar-refractivity contribution < 1.29 is 4.79 Å². The van der Waals surface area contributed by atoms with Crippen molar-refractivity contribution in [3.8, 4) is 6.07 Å². The number of carbonyl (C=O) groups excluding carboxylic acids is 1. The number of nitrogens with one attached hydrogen (secondary N) is 1. The number of hydrogen-bond donors (Lipinski definition) is 1. The van der Waals surface area contributed by atoms with Crippen LogP contribution in [0.15, 0.2) is 29.1 Å². The predicted molar refractivity (Wildman–Crippen MR) is 82.5 cm³/mol. The maximum atomic E-state index is 12.1. The highest BCUT2D eigenvalue weighted by molar-refractivity contribution is 5.90. The predicted octanol–water partition coefficient (Wildman–Crippen LogP) is 1.68. The summed E-state index contributed by atoms with van der Waals surface area (Å²) >= 11 is 0. The number of hydrogen-bond acceptors (Lipinski definition) is 4. The summed E-state index contributed by atoms with van der Waals surface area (Å²) in [6.07, 6.45) is 0. The van der Waals surface area contributed by atoms with Crippen molar-refractivity contribution in [2.75, 3.05) is 5.32 Å². The van der Waals surface area contributed by atoms with Crippen LogP contribution in [0.3, 0.4) is 0 Å². The molecule has 0 aliphatic rings. The molecule has 0 saturated carbocycles. The molecule has 0 fully saturated rings. The van der Waals surface area contributed by atoms with Crippen molar-refractivity contribution in [2.24, 2.45) is 0 Å². The number of amides is 1. The van der Waals surface area contributed by atoms with E-state index in [4.69, 9.17) is 5.26 Å². The molecule has 1 heterocycles. The molecule has 1 aromatic heterocycles. The van der Waals surface area contributed by atoms with Crippen LogP contribution in [0, 0.1) is 32.1 Å². The van der Waals surface area contributed by atoms with Gasteiger partial charge in [-0.3, -0.25) is 9.59 Å². The zero-order valence-electron chi connectivity index (χ0n) is 12.7. The fourth-order valence-electron chi connectivity index (χ4n) is 1.98. The molecule has 0 atom stereocenters. The van der Waals surface area contributed by atoms with E-state index in [-0.39, 0.29) is 18.0 Å². The Kier molecular flexibility index (Phi) is 4.37. The lowest BCUT2D eigenvalue weighted by Crippen LogP contribution is -2.32. The Hall–Kier alpha value is -2.94. The summed E-state index contributed by atoms with van der Waals surface area (Å²) in [5.74, 6) is -0.370. The molecule has 1 N–H and O–H groups in total. The van der Waals surface area contributed by atoms with Crippen molar-refractivity contribution in [3.05, 3.63) is 57.0 Å². The zero-order chi connectivity index (χ0) is 16.3. The second kappa shape index (κ2) is 6.22. The molecule has 6 nitrogen and oxygen atoms in total. The molecule has 0 spiro atoms. The van der Waals surface area contributed by atoms with Crippen LogP contribution in [-0.2, 0) is 11.3 Å². The molecule has 0 bridgehead atoms. The van der Waals surface area contributed by atoms with Gasteiger partial charge in [-0.1, -0.05) is 17.7 Å². The number of anilines is 1. The third kappa shape index (κ3) is 3.20. The first-order valence-electron chi connectivity index (χ1n) is 6.77. The molecular formula is C16H16N4O2. The van der Waals surface area contributed by atoms with Crippen LogP contribution in [0.2, 0.25) is 0 Å². The fraction of sp³-hybridized carbons (Fsp3) is 0.250. The van der Waals surface area contributed by atoms with Crippen LogP contribution in [0.1, 0.15) is 22.4 Å². The first-order valence-corrected chi connectivity index (χ1v) is 6.77. The first-order chi connectivity index (χ1) is 10.4. The molecule has 0 aliphatic carbocycles. The largest absolute Gasteiger partial charge is 0.324 e. The number of aryl methyl sites for hydroxylation is 2. The third-order valence-electron chi connectivity index (χ3n) is 3.38. The van der Waals surface area contributed by atoms with Gasteiger partial charge in [0.2, 0.25) is 5.91 Å². The van der Waals surface area contributed by atoms with E-state index in [0.29, 0.717) is 16.9 Å². The Morgan fingerprint density at radius 3 is 2.50 bits per heavy atom. The molecule has 112 valence electrons. The van der Waals surface area contributed by atoms with Gasteiger partial charge < -0.3 is 5.32 Å². The third-order valence-corrected chi connectivity index (χ3v) is 3.38. The Bertz CT molecular complexity index is 814. The van der Waals surface area contributed by atoms with Gasteiger partial charge in [0.25, 0.3) is 5.56 Å². The van der Waals surface area contributed by atoms with Gasteiger partial charge >= 0.3 is 0 Å². The SMILES string of the molecule is Cc1ccc(NC(=O)Cn2nc(C)c(C)c(C#N)c2=O)cc1. The van der Waals surface area contributed by atoms with E-state index < -0.39 is 5.56 Å². The summed E-state index contributed by atoms with van der Waals surface area (Å²) in [7, 11) is 0. The van der Waals surface area contributed by atoms with E-state index in [0.717, 1.165) is 10.2 Å². The van der Waals surface area contributed by atoms with Gasteiger partial charge in [0, 0.05) is 5.69 Å². The maximum Gasteiger partial charge on any atom is 0.285 e. The molecule has 2 aromatic rings. The second-order valence-electron chi connectivity index (χ2n) is 5.07.